The fraction of sp³-hybridized carbons (Fsp3) is 0.312. The van der Waals surface area contributed by atoms with Crippen molar-refractivity contribution in [3.05, 3.63) is 47.0 Å². The van der Waals surface area contributed by atoms with Gasteiger partial charge in [0.2, 0.25) is 0 Å². The van der Waals surface area contributed by atoms with Crippen LogP contribution in [0.5, 0.6) is 0 Å². The van der Waals surface area contributed by atoms with Crippen LogP contribution in [-0.4, -0.2) is 25.0 Å². The third kappa shape index (κ3) is 1.43. The van der Waals surface area contributed by atoms with Crippen LogP contribution in [0, 0.1) is 11.8 Å². The van der Waals surface area contributed by atoms with E-state index in [9.17, 15) is 14.4 Å². The van der Waals surface area contributed by atoms with Gasteiger partial charge >= 0.3 is 17.9 Å². The van der Waals surface area contributed by atoms with Crippen LogP contribution in [0.4, 0.5) is 0 Å². The molecule has 1 heterocycles. The lowest BCUT2D eigenvalue weighted by molar-refractivity contribution is -0.153. The molecule has 1 fully saturated rings. The molecule has 3 aliphatic carbocycles. The molecule has 0 radical (unpaired) electrons. The van der Waals surface area contributed by atoms with Crippen molar-refractivity contribution in [1.82, 2.24) is 0 Å². The highest BCUT2D eigenvalue weighted by atomic mass is 16.6. The summed E-state index contributed by atoms with van der Waals surface area (Å²) in [5.41, 5.74) is 2.17. The highest BCUT2D eigenvalue weighted by Crippen LogP contribution is 2.55. The highest BCUT2D eigenvalue weighted by Gasteiger charge is 2.57. The Morgan fingerprint density at radius 2 is 1.76 bits per heavy atom. The minimum atomic E-state index is -0.522. The van der Waals surface area contributed by atoms with E-state index in [-0.39, 0.29) is 11.8 Å². The molecule has 1 saturated heterocycles. The Bertz CT molecular complexity index is 717. The monoisotopic (exact) mass is 284 g/mol. The minimum Gasteiger partial charge on any atom is -0.465 e. The van der Waals surface area contributed by atoms with Crippen molar-refractivity contribution in [2.45, 2.75) is 11.8 Å². The smallest absolute Gasteiger partial charge is 0.338 e. The first-order valence-electron chi connectivity index (χ1n) is 6.78. The second-order valence-corrected chi connectivity index (χ2v) is 5.53. The average molecular weight is 284 g/mol. The lowest BCUT2D eigenvalue weighted by atomic mass is 9.60. The summed E-state index contributed by atoms with van der Waals surface area (Å²) in [7, 11) is 1.33. The van der Waals surface area contributed by atoms with Crippen molar-refractivity contribution in [2.75, 3.05) is 7.11 Å². The number of hydrogen-bond donors (Lipinski definition) is 0. The predicted octanol–water partition coefficient (Wildman–Crippen LogP) is 1.54. The van der Waals surface area contributed by atoms with Gasteiger partial charge in [0.25, 0.3) is 0 Å². The Labute approximate surface area is 120 Å². The van der Waals surface area contributed by atoms with Crippen LogP contribution >= 0.6 is 0 Å². The molecule has 1 aliphatic heterocycles. The molecule has 4 aliphatic rings. The van der Waals surface area contributed by atoms with E-state index in [1.807, 2.05) is 18.2 Å². The Hall–Kier alpha value is -2.43. The first kappa shape index (κ1) is 12.3. The third-order valence-electron chi connectivity index (χ3n) is 4.67. The van der Waals surface area contributed by atoms with Gasteiger partial charge in [0.15, 0.2) is 0 Å². The van der Waals surface area contributed by atoms with Gasteiger partial charge in [-0.25, -0.2) is 4.79 Å². The maximum atomic E-state index is 12.0. The van der Waals surface area contributed by atoms with Gasteiger partial charge < -0.3 is 9.47 Å². The van der Waals surface area contributed by atoms with Crippen molar-refractivity contribution >= 4 is 17.9 Å². The van der Waals surface area contributed by atoms with Crippen LogP contribution in [0.1, 0.15) is 33.3 Å². The summed E-state index contributed by atoms with van der Waals surface area (Å²) < 4.78 is 9.64. The zero-order valence-electron chi connectivity index (χ0n) is 11.2. The SMILES string of the molecule is COC(=O)c1cccc2c1[C@@H]1C=C[C@H]2[C@H]2C(=O)OC(=O)[C@@H]21. The highest BCUT2D eigenvalue weighted by molar-refractivity contribution is 6.00. The lowest BCUT2D eigenvalue weighted by Crippen LogP contribution is -2.38. The summed E-state index contributed by atoms with van der Waals surface area (Å²) in [5, 5.41) is 0. The molecule has 1 aromatic carbocycles. The molecule has 0 spiro atoms. The number of carbonyl (C=O) groups is 3. The number of hydrogen-bond acceptors (Lipinski definition) is 5. The molecule has 0 N–H and O–H groups in total. The van der Waals surface area contributed by atoms with Crippen LogP contribution in [-0.2, 0) is 19.1 Å². The number of allylic oxidation sites excluding steroid dienone is 2. The number of carbonyl (C=O) groups excluding carboxylic acids is 3. The molecule has 4 atom stereocenters. The summed E-state index contributed by atoms with van der Waals surface area (Å²) in [6.45, 7) is 0. The van der Waals surface area contributed by atoms with Gasteiger partial charge in [-0.2, -0.15) is 0 Å². The Morgan fingerprint density at radius 3 is 2.48 bits per heavy atom. The van der Waals surface area contributed by atoms with Crippen LogP contribution in [0.2, 0.25) is 0 Å². The van der Waals surface area contributed by atoms with Gasteiger partial charge in [-0.05, 0) is 17.2 Å². The summed E-state index contributed by atoms with van der Waals surface area (Å²) in [5.74, 6) is -2.88. The standard InChI is InChI=1S/C16H12O5/c1-20-14(17)10-4-2-3-7-8-5-6-9(11(7)10)13-12(8)15(18)21-16(13)19/h2-6,8-9,12-13H,1H3/t8-,9+,12-,13-/m1/s1. The first-order chi connectivity index (χ1) is 10.1. The van der Waals surface area contributed by atoms with E-state index in [0.717, 1.165) is 11.1 Å². The Balaban J connectivity index is 1.95. The molecule has 106 valence electrons. The third-order valence-corrected chi connectivity index (χ3v) is 4.67. The number of esters is 3. The molecule has 2 bridgehead atoms. The van der Waals surface area contributed by atoms with Gasteiger partial charge in [-0.1, -0.05) is 24.3 Å². The molecule has 21 heavy (non-hydrogen) atoms. The molecule has 5 heteroatoms. The topological polar surface area (TPSA) is 69.7 Å². The van der Waals surface area contributed by atoms with Crippen LogP contribution in [0.15, 0.2) is 30.4 Å². The van der Waals surface area contributed by atoms with Gasteiger partial charge in [-0.3, -0.25) is 9.59 Å². The second-order valence-electron chi connectivity index (χ2n) is 5.53. The molecular weight excluding hydrogens is 272 g/mol. The molecule has 0 saturated carbocycles. The molecule has 0 amide bonds. The van der Waals surface area contributed by atoms with Crippen molar-refractivity contribution in [1.29, 1.82) is 0 Å². The Kier molecular flexibility index (Phi) is 2.37. The van der Waals surface area contributed by atoms with Gasteiger partial charge in [0.05, 0.1) is 24.5 Å². The number of cyclic esters (lactones) is 2. The summed E-state index contributed by atoms with van der Waals surface area (Å²) in [6.07, 6.45) is 3.84. The first-order valence-corrected chi connectivity index (χ1v) is 6.78. The summed E-state index contributed by atoms with van der Waals surface area (Å²) in [4.78, 5) is 35.9. The second kappa shape index (κ2) is 4.04. The molecular formula is C16H12O5. The van der Waals surface area contributed by atoms with Crippen LogP contribution < -0.4 is 0 Å². The van der Waals surface area contributed by atoms with E-state index in [1.165, 1.54) is 7.11 Å². The predicted molar refractivity (Wildman–Crippen MR) is 70.5 cm³/mol. The summed E-state index contributed by atoms with van der Waals surface area (Å²) >= 11 is 0. The number of rotatable bonds is 1. The van der Waals surface area contributed by atoms with E-state index in [1.54, 1.807) is 12.1 Å². The Morgan fingerprint density at radius 1 is 1.10 bits per heavy atom. The van der Waals surface area contributed by atoms with Crippen molar-refractivity contribution in [3.63, 3.8) is 0 Å². The summed E-state index contributed by atoms with van der Waals surface area (Å²) in [6, 6.07) is 5.36. The van der Waals surface area contributed by atoms with E-state index >= 15 is 0 Å². The fourth-order valence-corrected chi connectivity index (χ4v) is 3.85. The van der Waals surface area contributed by atoms with Crippen molar-refractivity contribution < 1.29 is 23.9 Å². The molecule has 0 unspecified atom stereocenters. The number of benzene rings is 1. The largest absolute Gasteiger partial charge is 0.465 e. The normalized spacial score (nSPS) is 31.7. The van der Waals surface area contributed by atoms with Crippen LogP contribution in [0.25, 0.3) is 0 Å². The van der Waals surface area contributed by atoms with Gasteiger partial charge in [-0.15, -0.1) is 0 Å². The minimum absolute atomic E-state index is 0.210. The molecule has 1 aromatic rings. The average Bonchev–Trinajstić information content (AvgIpc) is 2.83. The van der Waals surface area contributed by atoms with Crippen molar-refractivity contribution in [2.24, 2.45) is 11.8 Å². The van der Waals surface area contributed by atoms with E-state index < -0.39 is 29.7 Å². The maximum Gasteiger partial charge on any atom is 0.338 e. The molecule has 0 aromatic heterocycles. The van der Waals surface area contributed by atoms with E-state index in [0.29, 0.717) is 5.56 Å². The molecule has 5 rings (SSSR count). The van der Waals surface area contributed by atoms with E-state index in [2.05, 4.69) is 0 Å². The quantitative estimate of drug-likeness (QED) is 0.444. The van der Waals surface area contributed by atoms with E-state index in [4.69, 9.17) is 9.47 Å². The lowest BCUT2D eigenvalue weighted by Gasteiger charge is -2.40. The van der Waals surface area contributed by atoms with Crippen LogP contribution in [0.3, 0.4) is 0 Å². The zero-order chi connectivity index (χ0) is 14.7. The maximum absolute atomic E-state index is 12.0. The van der Waals surface area contributed by atoms with Gasteiger partial charge in [0, 0.05) is 11.8 Å². The van der Waals surface area contributed by atoms with Crippen molar-refractivity contribution in [3.8, 4) is 0 Å². The van der Waals surface area contributed by atoms with Gasteiger partial charge in [0.1, 0.15) is 0 Å². The number of ether oxygens (including phenoxy) is 2. The fourth-order valence-electron chi connectivity index (χ4n) is 3.85. The molecule has 5 nitrogen and oxygen atoms in total. The zero-order valence-corrected chi connectivity index (χ0v) is 11.2. The number of methoxy groups -OCH3 is 1.